The Balaban J connectivity index is 1.81. The van der Waals surface area contributed by atoms with Crippen molar-refractivity contribution in [3.8, 4) is 17.1 Å². The van der Waals surface area contributed by atoms with Crippen molar-refractivity contribution in [2.75, 3.05) is 0 Å². The highest BCUT2D eigenvalue weighted by Crippen LogP contribution is 2.21. The molecule has 0 saturated heterocycles. The van der Waals surface area contributed by atoms with Crippen molar-refractivity contribution in [2.24, 2.45) is 5.92 Å². The number of unbranched alkanes of at least 4 members (excludes halogenated alkanes) is 6. The van der Waals surface area contributed by atoms with E-state index >= 15 is 0 Å². The number of nitrogens with zero attached hydrogens (tertiary/aromatic N) is 2. The Kier molecular flexibility index (Phi) is 10.5. The Morgan fingerprint density at radius 3 is 2.17 bits per heavy atom. The summed E-state index contributed by atoms with van der Waals surface area (Å²) in [6, 6.07) is 6.85. The van der Waals surface area contributed by atoms with E-state index in [9.17, 15) is 9.18 Å². The minimum atomic E-state index is -1.61. The van der Waals surface area contributed by atoms with Gasteiger partial charge >= 0.3 is 5.97 Å². The van der Waals surface area contributed by atoms with Crippen LogP contribution in [0, 0.1) is 5.92 Å². The molecule has 0 radical (unpaired) electrons. The number of hydrogen-bond donors (Lipinski definition) is 0. The number of carbonyl (C=O) groups excluding carboxylic acids is 1. The second-order valence-corrected chi connectivity index (χ2v) is 8.02. The van der Waals surface area contributed by atoms with E-state index in [2.05, 4.69) is 16.9 Å². The maximum absolute atomic E-state index is 13.9. The second-order valence-electron chi connectivity index (χ2n) is 8.02. The summed E-state index contributed by atoms with van der Waals surface area (Å²) in [5.41, 5.74) is 1.98. The van der Waals surface area contributed by atoms with Gasteiger partial charge in [-0.1, -0.05) is 65.7 Å². The van der Waals surface area contributed by atoms with Gasteiger partial charge in [0.1, 0.15) is 5.75 Å². The number of rotatable bonds is 13. The molecule has 1 heterocycles. The molecule has 2 rings (SSSR count). The highest BCUT2D eigenvalue weighted by Gasteiger charge is 2.25. The highest BCUT2D eigenvalue weighted by atomic mass is 19.1. The van der Waals surface area contributed by atoms with Gasteiger partial charge in [0.15, 0.2) is 12.0 Å². The molecule has 2 unspecified atom stereocenters. The van der Waals surface area contributed by atoms with E-state index < -0.39 is 12.1 Å². The Hall–Kier alpha value is -2.30. The lowest BCUT2D eigenvalue weighted by Gasteiger charge is -2.13. The summed E-state index contributed by atoms with van der Waals surface area (Å²) in [6.45, 7) is 5.78. The molecule has 0 fully saturated rings. The van der Waals surface area contributed by atoms with Crippen LogP contribution in [0.5, 0.6) is 5.75 Å². The van der Waals surface area contributed by atoms with Crippen LogP contribution < -0.4 is 4.74 Å². The molecule has 1 aromatic heterocycles. The first kappa shape index (κ1) is 24.0. The Bertz CT molecular complexity index is 747. The van der Waals surface area contributed by atoms with Crippen molar-refractivity contribution in [3.63, 3.8) is 0 Å². The normalized spacial score (nSPS) is 13.1. The van der Waals surface area contributed by atoms with Gasteiger partial charge in [0.2, 0.25) is 0 Å². The number of aromatic nitrogens is 2. The van der Waals surface area contributed by atoms with Crippen LogP contribution in [0.4, 0.5) is 4.39 Å². The fraction of sp³-hybridized carbons (Fsp3) is 0.560. The molecule has 0 aliphatic heterocycles. The fourth-order valence-electron chi connectivity index (χ4n) is 3.20. The first-order valence-corrected chi connectivity index (χ1v) is 11.3. The first-order chi connectivity index (χ1) is 14.5. The van der Waals surface area contributed by atoms with Crippen molar-refractivity contribution >= 4 is 5.97 Å². The molecule has 30 heavy (non-hydrogen) atoms. The number of carbonyl (C=O) groups is 1. The zero-order valence-electron chi connectivity index (χ0n) is 18.6. The molecule has 1 aromatic carbocycles. The van der Waals surface area contributed by atoms with E-state index in [-0.39, 0.29) is 5.92 Å². The van der Waals surface area contributed by atoms with Gasteiger partial charge in [0, 0.05) is 18.0 Å². The van der Waals surface area contributed by atoms with E-state index in [1.54, 1.807) is 31.2 Å². The SMILES string of the molecule is CCCCCCCCCc1cnc(-c2ccc(OC(=O)C(F)C(C)CC)cc2)nc1. The van der Waals surface area contributed by atoms with Gasteiger partial charge < -0.3 is 4.74 Å². The van der Waals surface area contributed by atoms with Crippen LogP contribution in [0.3, 0.4) is 0 Å². The van der Waals surface area contributed by atoms with E-state index in [0.29, 0.717) is 18.0 Å². The average Bonchev–Trinajstić information content (AvgIpc) is 2.78. The minimum Gasteiger partial charge on any atom is -0.424 e. The Morgan fingerprint density at radius 1 is 0.967 bits per heavy atom. The summed E-state index contributed by atoms with van der Waals surface area (Å²) >= 11 is 0. The number of ether oxygens (including phenoxy) is 1. The monoisotopic (exact) mass is 414 g/mol. The van der Waals surface area contributed by atoms with E-state index in [1.807, 2.05) is 19.3 Å². The molecule has 2 aromatic rings. The number of esters is 1. The lowest BCUT2D eigenvalue weighted by molar-refractivity contribution is -0.141. The number of halogens is 1. The van der Waals surface area contributed by atoms with E-state index in [4.69, 9.17) is 4.74 Å². The van der Waals surface area contributed by atoms with Crippen molar-refractivity contribution in [3.05, 3.63) is 42.2 Å². The molecule has 0 aliphatic rings. The first-order valence-electron chi connectivity index (χ1n) is 11.3. The van der Waals surface area contributed by atoms with Crippen molar-refractivity contribution < 1.29 is 13.9 Å². The molecular weight excluding hydrogens is 379 g/mol. The Morgan fingerprint density at radius 2 is 1.57 bits per heavy atom. The van der Waals surface area contributed by atoms with Crippen molar-refractivity contribution in [1.29, 1.82) is 0 Å². The summed E-state index contributed by atoms with van der Waals surface area (Å²) in [4.78, 5) is 20.8. The van der Waals surface area contributed by atoms with Crippen LogP contribution in [-0.4, -0.2) is 22.1 Å². The van der Waals surface area contributed by atoms with E-state index in [0.717, 1.165) is 17.5 Å². The average molecular weight is 415 g/mol. The fourth-order valence-corrected chi connectivity index (χ4v) is 3.20. The van der Waals surface area contributed by atoms with Crippen LogP contribution in [-0.2, 0) is 11.2 Å². The van der Waals surface area contributed by atoms with Gasteiger partial charge in [0.05, 0.1) is 0 Å². The molecule has 2 atom stereocenters. The Labute approximate surface area is 180 Å². The zero-order valence-corrected chi connectivity index (χ0v) is 18.6. The minimum absolute atomic E-state index is 0.324. The maximum atomic E-state index is 13.9. The molecule has 4 nitrogen and oxygen atoms in total. The summed E-state index contributed by atoms with van der Waals surface area (Å²) in [6.07, 6.45) is 12.8. The number of alkyl halides is 1. The summed E-state index contributed by atoms with van der Waals surface area (Å²) in [5, 5.41) is 0. The zero-order chi connectivity index (χ0) is 21.8. The van der Waals surface area contributed by atoms with E-state index in [1.165, 1.54) is 44.9 Å². The summed E-state index contributed by atoms with van der Waals surface area (Å²) in [5.74, 6) is -0.253. The molecule has 0 N–H and O–H groups in total. The van der Waals surface area contributed by atoms with Crippen LogP contribution in [0.25, 0.3) is 11.4 Å². The highest BCUT2D eigenvalue weighted by molar-refractivity contribution is 5.77. The van der Waals surface area contributed by atoms with Crippen LogP contribution >= 0.6 is 0 Å². The molecule has 0 aliphatic carbocycles. The number of hydrogen-bond acceptors (Lipinski definition) is 4. The quantitative estimate of drug-likeness (QED) is 0.207. The third-order valence-electron chi connectivity index (χ3n) is 5.47. The lowest BCUT2D eigenvalue weighted by Crippen LogP contribution is -2.27. The number of benzene rings is 1. The summed E-state index contributed by atoms with van der Waals surface area (Å²) < 4.78 is 19.1. The lowest BCUT2D eigenvalue weighted by atomic mass is 10.0. The third kappa shape index (κ3) is 7.85. The number of aryl methyl sites for hydroxylation is 1. The van der Waals surface area contributed by atoms with Crippen LogP contribution in [0.2, 0.25) is 0 Å². The van der Waals surface area contributed by atoms with Crippen molar-refractivity contribution in [2.45, 2.75) is 84.7 Å². The standard InChI is InChI=1S/C25H35FN2O2/c1-4-6-7-8-9-10-11-12-20-17-27-24(28-18-20)21-13-15-22(16-14-21)30-25(29)23(26)19(3)5-2/h13-19,23H,4-12H2,1-3H3. The maximum Gasteiger partial charge on any atom is 0.346 e. The molecule has 5 heteroatoms. The smallest absolute Gasteiger partial charge is 0.346 e. The van der Waals surface area contributed by atoms with Gasteiger partial charge in [-0.2, -0.15) is 0 Å². The van der Waals surface area contributed by atoms with Gasteiger partial charge in [-0.25, -0.2) is 19.2 Å². The third-order valence-corrected chi connectivity index (χ3v) is 5.47. The van der Waals surface area contributed by atoms with Gasteiger partial charge in [-0.05, 0) is 48.6 Å². The molecule has 0 amide bonds. The summed E-state index contributed by atoms with van der Waals surface area (Å²) in [7, 11) is 0. The van der Waals surface area contributed by atoms with Crippen molar-refractivity contribution in [1.82, 2.24) is 9.97 Å². The van der Waals surface area contributed by atoms with Gasteiger partial charge in [0.25, 0.3) is 0 Å². The van der Waals surface area contributed by atoms with Gasteiger partial charge in [-0.3, -0.25) is 0 Å². The molecule has 0 saturated carbocycles. The predicted molar refractivity (Wildman–Crippen MR) is 119 cm³/mol. The molecular formula is C25H35FN2O2. The van der Waals surface area contributed by atoms with Crippen LogP contribution in [0.1, 0.15) is 77.7 Å². The molecule has 0 bridgehead atoms. The van der Waals surface area contributed by atoms with Crippen LogP contribution in [0.15, 0.2) is 36.7 Å². The predicted octanol–water partition coefficient (Wildman–Crippen LogP) is 6.73. The molecule has 0 spiro atoms. The largest absolute Gasteiger partial charge is 0.424 e. The van der Waals surface area contributed by atoms with Gasteiger partial charge in [-0.15, -0.1) is 0 Å². The second kappa shape index (κ2) is 13.1. The topological polar surface area (TPSA) is 52.1 Å². The molecule has 164 valence electrons.